The minimum atomic E-state index is 0.429. The molecule has 0 atom stereocenters. The van der Waals surface area contributed by atoms with E-state index in [1.807, 2.05) is 30.3 Å². The fraction of sp³-hybridized carbons (Fsp3) is 0.316. The van der Waals surface area contributed by atoms with Crippen molar-refractivity contribution in [1.82, 2.24) is 24.6 Å². The Balaban J connectivity index is 1.77. The maximum Gasteiger partial charge on any atom is 0.116 e. The van der Waals surface area contributed by atoms with Gasteiger partial charge in [0.2, 0.25) is 0 Å². The molecule has 3 heterocycles. The smallest absolute Gasteiger partial charge is 0.116 e. The molecule has 0 radical (unpaired) electrons. The lowest BCUT2D eigenvalue weighted by molar-refractivity contribution is 0.212. The second-order valence-corrected chi connectivity index (χ2v) is 6.94. The van der Waals surface area contributed by atoms with E-state index < -0.39 is 0 Å². The van der Waals surface area contributed by atoms with Crippen molar-refractivity contribution in [3.05, 3.63) is 54.1 Å². The molecule has 0 saturated carbocycles. The van der Waals surface area contributed by atoms with E-state index in [1.165, 1.54) is 0 Å². The van der Waals surface area contributed by atoms with Crippen molar-refractivity contribution < 1.29 is 0 Å². The first-order valence-electron chi connectivity index (χ1n) is 8.51. The predicted octanol–water partition coefficient (Wildman–Crippen LogP) is 3.93. The second-order valence-electron chi connectivity index (χ2n) is 6.51. The molecule has 0 amide bonds. The Morgan fingerprint density at radius 1 is 1.08 bits per heavy atom. The number of rotatable bonds is 3. The summed E-state index contributed by atoms with van der Waals surface area (Å²) < 4.78 is 2.12. The number of hydrogen-bond donors (Lipinski definition) is 0. The van der Waals surface area contributed by atoms with Crippen LogP contribution in [0.3, 0.4) is 0 Å². The molecule has 1 saturated heterocycles. The molecular weight excluding hydrogens is 334 g/mol. The molecule has 4 rings (SSSR count). The van der Waals surface area contributed by atoms with Crippen molar-refractivity contribution >= 4 is 11.6 Å². The summed E-state index contributed by atoms with van der Waals surface area (Å²) in [6.07, 6.45) is 7.69. The number of hydrogen-bond acceptors (Lipinski definition) is 4. The van der Waals surface area contributed by atoms with Crippen LogP contribution < -0.4 is 0 Å². The van der Waals surface area contributed by atoms with Gasteiger partial charge in [-0.1, -0.05) is 23.7 Å². The largest absolute Gasteiger partial charge is 0.306 e. The molecule has 6 heteroatoms. The maximum atomic E-state index is 6.05. The molecule has 1 aromatic carbocycles. The zero-order valence-electron chi connectivity index (χ0n) is 14.1. The summed E-state index contributed by atoms with van der Waals surface area (Å²) >= 11 is 6.05. The number of piperidine rings is 1. The van der Waals surface area contributed by atoms with Crippen molar-refractivity contribution in [1.29, 1.82) is 0 Å². The van der Waals surface area contributed by atoms with Gasteiger partial charge in [0.1, 0.15) is 12.0 Å². The molecule has 128 valence electrons. The van der Waals surface area contributed by atoms with Crippen LogP contribution in [-0.4, -0.2) is 44.8 Å². The van der Waals surface area contributed by atoms with Crippen LogP contribution in [0.15, 0.2) is 49.1 Å². The summed E-state index contributed by atoms with van der Waals surface area (Å²) in [4.78, 5) is 10.8. The highest BCUT2D eigenvalue weighted by molar-refractivity contribution is 6.30. The van der Waals surface area contributed by atoms with Crippen LogP contribution in [0.1, 0.15) is 18.9 Å². The van der Waals surface area contributed by atoms with Crippen LogP contribution >= 0.6 is 11.6 Å². The molecular formula is C19H20ClN5. The van der Waals surface area contributed by atoms with E-state index in [4.69, 9.17) is 16.7 Å². The first kappa shape index (κ1) is 16.2. The van der Waals surface area contributed by atoms with Gasteiger partial charge in [-0.25, -0.2) is 9.97 Å². The molecule has 1 aliphatic heterocycles. The van der Waals surface area contributed by atoms with E-state index >= 15 is 0 Å². The average Bonchev–Trinajstić information content (AvgIpc) is 3.09. The number of nitrogens with zero attached hydrogens (tertiary/aromatic N) is 5. The Morgan fingerprint density at radius 2 is 1.84 bits per heavy atom. The van der Waals surface area contributed by atoms with E-state index in [0.29, 0.717) is 6.04 Å². The Kier molecular flexibility index (Phi) is 4.51. The zero-order chi connectivity index (χ0) is 17.2. The van der Waals surface area contributed by atoms with Gasteiger partial charge in [0.15, 0.2) is 0 Å². The lowest BCUT2D eigenvalue weighted by Gasteiger charge is -2.29. The normalized spacial score (nSPS) is 16.2. The summed E-state index contributed by atoms with van der Waals surface area (Å²) in [6.45, 7) is 2.20. The highest BCUT2D eigenvalue weighted by Gasteiger charge is 2.22. The van der Waals surface area contributed by atoms with Crippen molar-refractivity contribution in [2.75, 3.05) is 20.1 Å². The number of halogens is 1. The Hall–Kier alpha value is -2.24. The first-order valence-corrected chi connectivity index (χ1v) is 8.88. The van der Waals surface area contributed by atoms with E-state index in [1.54, 1.807) is 12.5 Å². The van der Waals surface area contributed by atoms with Gasteiger partial charge < -0.3 is 4.90 Å². The first-order chi connectivity index (χ1) is 12.2. The third-order valence-electron chi connectivity index (χ3n) is 4.77. The summed E-state index contributed by atoms with van der Waals surface area (Å²) in [6, 6.07) is 10.2. The lowest BCUT2D eigenvalue weighted by Crippen LogP contribution is -2.31. The zero-order valence-corrected chi connectivity index (χ0v) is 14.9. The van der Waals surface area contributed by atoms with Gasteiger partial charge in [0, 0.05) is 28.5 Å². The maximum absolute atomic E-state index is 6.05. The average molecular weight is 354 g/mol. The van der Waals surface area contributed by atoms with Gasteiger partial charge in [0.25, 0.3) is 0 Å². The molecule has 0 bridgehead atoms. The third-order valence-corrected chi connectivity index (χ3v) is 5.02. The molecule has 0 spiro atoms. The molecule has 1 aliphatic rings. The van der Waals surface area contributed by atoms with Crippen molar-refractivity contribution in [3.63, 3.8) is 0 Å². The highest BCUT2D eigenvalue weighted by atomic mass is 35.5. The summed E-state index contributed by atoms with van der Waals surface area (Å²) in [5.74, 6) is 0. The number of benzene rings is 1. The van der Waals surface area contributed by atoms with Crippen molar-refractivity contribution in [2.24, 2.45) is 0 Å². The topological polar surface area (TPSA) is 46.8 Å². The van der Waals surface area contributed by atoms with E-state index in [-0.39, 0.29) is 0 Å². The van der Waals surface area contributed by atoms with Crippen LogP contribution in [0.25, 0.3) is 22.5 Å². The van der Waals surface area contributed by atoms with Crippen LogP contribution in [-0.2, 0) is 0 Å². The molecule has 0 N–H and O–H groups in total. The molecule has 0 aliphatic carbocycles. The quantitative estimate of drug-likeness (QED) is 0.715. The lowest BCUT2D eigenvalue weighted by atomic mass is 10.1. The predicted molar refractivity (Wildman–Crippen MR) is 99.5 cm³/mol. The van der Waals surface area contributed by atoms with E-state index in [0.717, 1.165) is 53.5 Å². The summed E-state index contributed by atoms with van der Waals surface area (Å²) in [5, 5.41) is 5.65. The molecule has 0 unspecified atom stereocenters. The van der Waals surface area contributed by atoms with E-state index in [9.17, 15) is 0 Å². The van der Waals surface area contributed by atoms with Crippen LogP contribution in [0, 0.1) is 0 Å². The Bertz CT molecular complexity index is 836. The third kappa shape index (κ3) is 3.43. The number of likely N-dealkylation sites (tertiary alicyclic amines) is 1. The molecule has 3 aromatic rings. The van der Waals surface area contributed by atoms with Gasteiger partial charge in [0.05, 0.1) is 11.7 Å². The minimum absolute atomic E-state index is 0.429. The van der Waals surface area contributed by atoms with Crippen molar-refractivity contribution in [2.45, 2.75) is 18.9 Å². The minimum Gasteiger partial charge on any atom is -0.306 e. The molecule has 5 nitrogen and oxygen atoms in total. The van der Waals surface area contributed by atoms with Crippen LogP contribution in [0.4, 0.5) is 0 Å². The van der Waals surface area contributed by atoms with Crippen LogP contribution in [0.5, 0.6) is 0 Å². The summed E-state index contributed by atoms with van der Waals surface area (Å²) in [5.41, 5.74) is 3.90. The van der Waals surface area contributed by atoms with Crippen LogP contribution in [0.2, 0.25) is 5.02 Å². The SMILES string of the molecule is CN1CCC(n2cc(-c3ccncn3)c(-c3ccc(Cl)cc3)n2)CC1. The monoisotopic (exact) mass is 353 g/mol. The van der Waals surface area contributed by atoms with Gasteiger partial charge in [-0.15, -0.1) is 0 Å². The van der Waals surface area contributed by atoms with Gasteiger partial charge in [-0.05, 0) is 51.2 Å². The molecule has 2 aromatic heterocycles. The number of aromatic nitrogens is 4. The van der Waals surface area contributed by atoms with Gasteiger partial charge in [-0.2, -0.15) is 5.10 Å². The molecule has 1 fully saturated rings. The Morgan fingerprint density at radius 3 is 2.52 bits per heavy atom. The fourth-order valence-electron chi connectivity index (χ4n) is 3.30. The highest BCUT2D eigenvalue weighted by Crippen LogP contribution is 2.33. The van der Waals surface area contributed by atoms with Gasteiger partial charge >= 0.3 is 0 Å². The second kappa shape index (κ2) is 6.94. The standard InChI is InChI=1S/C19H20ClN5/c1-24-10-7-16(8-11-24)25-12-17(18-6-9-21-13-22-18)19(23-25)14-2-4-15(20)5-3-14/h2-6,9,12-13,16H,7-8,10-11H2,1H3. The van der Waals surface area contributed by atoms with Gasteiger partial charge in [-0.3, -0.25) is 4.68 Å². The summed E-state index contributed by atoms with van der Waals surface area (Å²) in [7, 11) is 2.17. The fourth-order valence-corrected chi connectivity index (χ4v) is 3.42. The van der Waals surface area contributed by atoms with Crippen molar-refractivity contribution in [3.8, 4) is 22.5 Å². The Labute approximate surface area is 152 Å². The molecule has 25 heavy (non-hydrogen) atoms. The van der Waals surface area contributed by atoms with E-state index in [2.05, 4.69) is 32.8 Å².